The van der Waals surface area contributed by atoms with Gasteiger partial charge in [0.1, 0.15) is 0 Å². The van der Waals surface area contributed by atoms with Gasteiger partial charge < -0.3 is 19.6 Å². The third kappa shape index (κ3) is 4.35. The number of benzene rings is 1. The first kappa shape index (κ1) is 18.7. The molecule has 0 saturated heterocycles. The number of hydrogen-bond acceptors (Lipinski definition) is 4. The van der Waals surface area contributed by atoms with Crippen molar-refractivity contribution in [2.75, 3.05) is 19.0 Å². The average molecular weight is 370 g/mol. The molecule has 142 valence electrons. The van der Waals surface area contributed by atoms with Crippen LogP contribution in [0.2, 0.25) is 0 Å². The fraction of sp³-hybridized carbons (Fsp3) is 0.316. The lowest BCUT2D eigenvalue weighted by Crippen LogP contribution is -2.27. The Hall–Kier alpha value is -3.13. The summed E-state index contributed by atoms with van der Waals surface area (Å²) >= 11 is 0. The van der Waals surface area contributed by atoms with Gasteiger partial charge in [-0.25, -0.2) is 4.79 Å². The van der Waals surface area contributed by atoms with Gasteiger partial charge in [-0.05, 0) is 37.6 Å². The highest BCUT2D eigenvalue weighted by molar-refractivity contribution is 5.94. The number of amides is 1. The Morgan fingerprint density at radius 2 is 2.04 bits per heavy atom. The van der Waals surface area contributed by atoms with E-state index in [0.29, 0.717) is 23.6 Å². The lowest BCUT2D eigenvalue weighted by Gasteiger charge is -2.08. The number of nitrogens with one attached hydrogen (secondary N) is 3. The molecule has 1 aromatic carbocycles. The minimum absolute atomic E-state index is 0.142. The first-order valence-corrected chi connectivity index (χ1v) is 8.67. The van der Waals surface area contributed by atoms with Gasteiger partial charge in [0.2, 0.25) is 5.91 Å². The van der Waals surface area contributed by atoms with Gasteiger partial charge in [-0.3, -0.25) is 14.6 Å². The van der Waals surface area contributed by atoms with Gasteiger partial charge in [0.05, 0.1) is 6.61 Å². The van der Waals surface area contributed by atoms with Crippen molar-refractivity contribution in [3.8, 4) is 0 Å². The number of nitrogens with zero attached hydrogens (tertiary/aromatic N) is 1. The number of carbonyl (C=O) groups is 1. The highest BCUT2D eigenvalue weighted by Crippen LogP contribution is 2.21. The summed E-state index contributed by atoms with van der Waals surface area (Å²) < 4.78 is 7.20. The summed E-state index contributed by atoms with van der Waals surface area (Å²) in [4.78, 5) is 40.0. The normalized spacial score (nSPS) is 11.0. The fourth-order valence-electron chi connectivity index (χ4n) is 3.05. The molecule has 0 unspecified atom stereocenters. The molecule has 3 aromatic rings. The number of ether oxygens (including phenoxy) is 1. The maximum Gasteiger partial charge on any atom is 0.325 e. The first-order chi connectivity index (χ1) is 13.0. The molecular formula is C19H22N4O4. The zero-order valence-corrected chi connectivity index (χ0v) is 15.3. The predicted molar refractivity (Wildman–Crippen MR) is 103 cm³/mol. The summed E-state index contributed by atoms with van der Waals surface area (Å²) in [7, 11) is 1.67. The number of aromatic amines is 2. The minimum Gasteiger partial charge on any atom is -0.383 e. The monoisotopic (exact) mass is 370 g/mol. The molecular weight excluding hydrogens is 348 g/mol. The molecule has 8 heteroatoms. The molecule has 0 bridgehead atoms. The summed E-state index contributed by atoms with van der Waals surface area (Å²) in [6.07, 6.45) is 2.38. The van der Waals surface area contributed by atoms with Gasteiger partial charge >= 0.3 is 5.69 Å². The average Bonchev–Trinajstić information content (AvgIpc) is 3.01. The standard InChI is InChI=1S/C19H22N4O4/c1-12-15(18(25)22-19(26)20-12)4-6-17(24)21-14-3-5-16-13(11-14)7-8-23(16)9-10-27-2/h3,5,7-8,11H,4,6,9-10H2,1-2H3,(H,21,24)(H2,20,22,25,26). The molecule has 0 aliphatic heterocycles. The van der Waals surface area contributed by atoms with E-state index >= 15 is 0 Å². The van der Waals surface area contributed by atoms with Crippen molar-refractivity contribution >= 4 is 22.5 Å². The molecule has 0 aliphatic rings. The zero-order valence-electron chi connectivity index (χ0n) is 15.3. The summed E-state index contributed by atoms with van der Waals surface area (Å²) in [5.41, 5.74) is 1.66. The van der Waals surface area contributed by atoms with Crippen LogP contribution in [0.15, 0.2) is 40.1 Å². The number of H-pyrrole nitrogens is 2. The highest BCUT2D eigenvalue weighted by Gasteiger charge is 2.10. The third-order valence-corrected chi connectivity index (χ3v) is 4.45. The predicted octanol–water partition coefficient (Wildman–Crippen LogP) is 1.54. The topological polar surface area (TPSA) is 109 Å². The van der Waals surface area contributed by atoms with Crippen molar-refractivity contribution in [3.05, 3.63) is 62.6 Å². The Morgan fingerprint density at radius 1 is 1.22 bits per heavy atom. The van der Waals surface area contributed by atoms with Crippen molar-refractivity contribution < 1.29 is 9.53 Å². The van der Waals surface area contributed by atoms with Gasteiger partial charge in [-0.2, -0.15) is 0 Å². The third-order valence-electron chi connectivity index (χ3n) is 4.45. The molecule has 0 spiro atoms. The Bertz CT molecular complexity index is 1080. The highest BCUT2D eigenvalue weighted by atomic mass is 16.5. The van der Waals surface area contributed by atoms with Gasteiger partial charge in [0, 0.05) is 54.1 Å². The second kappa shape index (κ2) is 8.05. The fourth-order valence-corrected chi connectivity index (χ4v) is 3.05. The van der Waals surface area contributed by atoms with Crippen LogP contribution < -0.4 is 16.6 Å². The zero-order chi connectivity index (χ0) is 19.4. The SMILES string of the molecule is COCCn1ccc2cc(NC(=O)CCc3c(C)[nH]c(=O)[nH]c3=O)ccc21. The quantitative estimate of drug-likeness (QED) is 0.586. The van der Waals surface area contributed by atoms with Crippen LogP contribution in [0.5, 0.6) is 0 Å². The van der Waals surface area contributed by atoms with Gasteiger partial charge in [-0.15, -0.1) is 0 Å². The van der Waals surface area contributed by atoms with E-state index in [1.807, 2.05) is 30.5 Å². The van der Waals surface area contributed by atoms with Gasteiger partial charge in [0.15, 0.2) is 0 Å². The maximum atomic E-state index is 12.2. The number of methoxy groups -OCH3 is 1. The molecule has 0 aliphatic carbocycles. The van der Waals surface area contributed by atoms with E-state index in [1.165, 1.54) is 0 Å². The molecule has 0 radical (unpaired) electrons. The Morgan fingerprint density at radius 3 is 2.78 bits per heavy atom. The molecule has 2 aromatic heterocycles. The van der Waals surface area contributed by atoms with Crippen molar-refractivity contribution in [1.29, 1.82) is 0 Å². The number of hydrogen-bond donors (Lipinski definition) is 3. The molecule has 3 rings (SSSR count). The molecule has 0 atom stereocenters. The molecule has 8 nitrogen and oxygen atoms in total. The van der Waals surface area contributed by atoms with Crippen LogP contribution in [0.25, 0.3) is 10.9 Å². The van der Waals surface area contributed by atoms with E-state index < -0.39 is 11.2 Å². The van der Waals surface area contributed by atoms with Crippen LogP contribution in [-0.4, -0.2) is 34.2 Å². The van der Waals surface area contributed by atoms with Gasteiger partial charge in [-0.1, -0.05) is 0 Å². The van der Waals surface area contributed by atoms with Crippen molar-refractivity contribution in [3.63, 3.8) is 0 Å². The number of rotatable bonds is 7. The van der Waals surface area contributed by atoms with Crippen LogP contribution in [0.4, 0.5) is 5.69 Å². The van der Waals surface area contributed by atoms with E-state index in [4.69, 9.17) is 4.74 Å². The second-order valence-corrected chi connectivity index (χ2v) is 6.34. The van der Waals surface area contributed by atoms with Crippen LogP contribution >= 0.6 is 0 Å². The van der Waals surface area contributed by atoms with Gasteiger partial charge in [0.25, 0.3) is 5.56 Å². The van der Waals surface area contributed by atoms with Crippen LogP contribution in [0.3, 0.4) is 0 Å². The van der Waals surface area contributed by atoms with Crippen LogP contribution in [-0.2, 0) is 22.5 Å². The van der Waals surface area contributed by atoms with E-state index in [9.17, 15) is 14.4 Å². The number of aromatic nitrogens is 3. The molecule has 27 heavy (non-hydrogen) atoms. The van der Waals surface area contributed by atoms with Crippen LogP contribution in [0, 0.1) is 6.92 Å². The summed E-state index contributed by atoms with van der Waals surface area (Å²) in [5, 5.41) is 3.87. The number of aryl methyl sites for hydroxylation is 1. The Balaban J connectivity index is 1.66. The molecule has 0 saturated carbocycles. The smallest absolute Gasteiger partial charge is 0.325 e. The molecule has 0 fully saturated rings. The van der Waals surface area contributed by atoms with Crippen molar-refractivity contribution in [2.45, 2.75) is 26.3 Å². The summed E-state index contributed by atoms with van der Waals surface area (Å²) in [6, 6.07) is 7.71. The number of fused-ring (bicyclic) bond motifs is 1. The number of carbonyl (C=O) groups excluding carboxylic acids is 1. The first-order valence-electron chi connectivity index (χ1n) is 8.67. The lowest BCUT2D eigenvalue weighted by atomic mass is 10.1. The summed E-state index contributed by atoms with van der Waals surface area (Å²) in [6.45, 7) is 3.04. The Kier molecular flexibility index (Phi) is 5.56. The Labute approximate surface area is 155 Å². The minimum atomic E-state index is -0.545. The second-order valence-electron chi connectivity index (χ2n) is 6.34. The van der Waals surface area contributed by atoms with E-state index in [1.54, 1.807) is 14.0 Å². The van der Waals surface area contributed by atoms with E-state index in [0.717, 1.165) is 17.4 Å². The lowest BCUT2D eigenvalue weighted by molar-refractivity contribution is -0.116. The van der Waals surface area contributed by atoms with E-state index in [2.05, 4.69) is 19.9 Å². The summed E-state index contributed by atoms with van der Waals surface area (Å²) in [5.74, 6) is -0.196. The van der Waals surface area contributed by atoms with Crippen LogP contribution in [0.1, 0.15) is 17.7 Å². The van der Waals surface area contributed by atoms with Crippen molar-refractivity contribution in [2.24, 2.45) is 0 Å². The van der Waals surface area contributed by atoms with Crippen molar-refractivity contribution in [1.82, 2.24) is 14.5 Å². The molecule has 2 heterocycles. The maximum absolute atomic E-state index is 12.2. The molecule has 1 amide bonds. The number of anilines is 1. The molecule has 3 N–H and O–H groups in total. The van der Waals surface area contributed by atoms with E-state index in [-0.39, 0.29) is 18.7 Å². The largest absolute Gasteiger partial charge is 0.383 e.